The summed E-state index contributed by atoms with van der Waals surface area (Å²) in [5.41, 5.74) is -0.523. The van der Waals surface area contributed by atoms with E-state index in [2.05, 4.69) is 11.4 Å². The maximum Gasteiger partial charge on any atom is 0.106 e. The van der Waals surface area contributed by atoms with Crippen LogP contribution in [0, 0.1) is 11.3 Å². The van der Waals surface area contributed by atoms with E-state index in [1.54, 1.807) is 7.11 Å². The maximum absolute atomic E-state index is 9.13. The average molecular weight is 258 g/mol. The number of ether oxygens (including phenoxy) is 3. The SMILES string of the molecule is CCNC(C)(C#N)CC(C)OCCOCCOC. The Labute approximate surface area is 110 Å². The van der Waals surface area contributed by atoms with Crippen LogP contribution < -0.4 is 5.32 Å². The summed E-state index contributed by atoms with van der Waals surface area (Å²) in [4.78, 5) is 0. The molecule has 0 aliphatic heterocycles. The molecule has 5 nitrogen and oxygen atoms in total. The molecule has 0 aromatic carbocycles. The number of nitriles is 1. The number of methoxy groups -OCH3 is 1. The number of rotatable bonds is 11. The normalized spacial score (nSPS) is 15.9. The van der Waals surface area contributed by atoms with Crippen molar-refractivity contribution in [1.82, 2.24) is 5.32 Å². The molecule has 0 aliphatic rings. The highest BCUT2D eigenvalue weighted by Crippen LogP contribution is 2.13. The third-order valence-electron chi connectivity index (χ3n) is 2.57. The summed E-state index contributed by atoms with van der Waals surface area (Å²) >= 11 is 0. The minimum Gasteiger partial charge on any atom is -0.382 e. The second-order valence-corrected chi connectivity index (χ2v) is 4.46. The van der Waals surface area contributed by atoms with Gasteiger partial charge in [0.2, 0.25) is 0 Å². The van der Waals surface area contributed by atoms with Crippen LogP contribution in [0.4, 0.5) is 0 Å². The summed E-state index contributed by atoms with van der Waals surface area (Å²) in [6, 6.07) is 2.29. The minimum absolute atomic E-state index is 0.0275. The molecule has 0 spiro atoms. The van der Waals surface area contributed by atoms with Crippen molar-refractivity contribution in [3.63, 3.8) is 0 Å². The molecule has 0 aromatic heterocycles. The minimum atomic E-state index is -0.523. The fourth-order valence-electron chi connectivity index (χ4n) is 1.73. The van der Waals surface area contributed by atoms with Crippen LogP contribution in [0.15, 0.2) is 0 Å². The van der Waals surface area contributed by atoms with E-state index in [1.165, 1.54) is 0 Å². The van der Waals surface area contributed by atoms with Crippen LogP contribution >= 0.6 is 0 Å². The van der Waals surface area contributed by atoms with Crippen molar-refractivity contribution < 1.29 is 14.2 Å². The molecule has 0 aromatic rings. The van der Waals surface area contributed by atoms with Crippen LogP contribution in [0.3, 0.4) is 0 Å². The lowest BCUT2D eigenvalue weighted by Crippen LogP contribution is -2.43. The van der Waals surface area contributed by atoms with E-state index in [0.717, 1.165) is 6.54 Å². The second kappa shape index (κ2) is 10.3. The molecule has 0 aliphatic carbocycles. The summed E-state index contributed by atoms with van der Waals surface area (Å²) in [6.07, 6.45) is 0.690. The van der Waals surface area contributed by atoms with Gasteiger partial charge in [-0.05, 0) is 20.4 Å². The molecule has 0 amide bonds. The van der Waals surface area contributed by atoms with Gasteiger partial charge in [0.1, 0.15) is 5.54 Å². The van der Waals surface area contributed by atoms with E-state index in [-0.39, 0.29) is 6.10 Å². The fourth-order valence-corrected chi connectivity index (χ4v) is 1.73. The summed E-state index contributed by atoms with van der Waals surface area (Å²) in [5.74, 6) is 0. The first kappa shape index (κ1) is 17.3. The average Bonchev–Trinajstić information content (AvgIpc) is 2.34. The van der Waals surface area contributed by atoms with Gasteiger partial charge >= 0.3 is 0 Å². The lowest BCUT2D eigenvalue weighted by Gasteiger charge is -2.26. The molecule has 0 bridgehead atoms. The van der Waals surface area contributed by atoms with Gasteiger partial charge < -0.3 is 14.2 Å². The number of nitrogens with zero attached hydrogens (tertiary/aromatic N) is 1. The van der Waals surface area contributed by atoms with E-state index in [9.17, 15) is 0 Å². The van der Waals surface area contributed by atoms with Crippen LogP contribution in [-0.4, -0.2) is 51.7 Å². The van der Waals surface area contributed by atoms with Crippen molar-refractivity contribution in [3.05, 3.63) is 0 Å². The van der Waals surface area contributed by atoms with Gasteiger partial charge in [-0.3, -0.25) is 5.32 Å². The van der Waals surface area contributed by atoms with Crippen molar-refractivity contribution in [2.24, 2.45) is 0 Å². The third kappa shape index (κ3) is 8.43. The largest absolute Gasteiger partial charge is 0.382 e. The fraction of sp³-hybridized carbons (Fsp3) is 0.923. The third-order valence-corrected chi connectivity index (χ3v) is 2.57. The molecule has 106 valence electrons. The van der Waals surface area contributed by atoms with Gasteiger partial charge in [-0.1, -0.05) is 6.92 Å². The van der Waals surface area contributed by atoms with Crippen LogP contribution in [0.5, 0.6) is 0 Å². The molecule has 0 radical (unpaired) electrons. The Kier molecular flexibility index (Phi) is 9.89. The molecular formula is C13H26N2O3. The molecule has 0 saturated carbocycles. The van der Waals surface area contributed by atoms with Crippen LogP contribution in [-0.2, 0) is 14.2 Å². The van der Waals surface area contributed by atoms with Gasteiger partial charge in [0.15, 0.2) is 0 Å². The topological polar surface area (TPSA) is 63.5 Å². The van der Waals surface area contributed by atoms with Crippen molar-refractivity contribution in [2.75, 3.05) is 40.1 Å². The van der Waals surface area contributed by atoms with E-state index in [0.29, 0.717) is 32.8 Å². The van der Waals surface area contributed by atoms with Crippen LogP contribution in [0.1, 0.15) is 27.2 Å². The molecule has 1 N–H and O–H groups in total. The Hall–Kier alpha value is -0.670. The summed E-state index contributed by atoms with van der Waals surface area (Å²) < 4.78 is 15.8. The molecule has 0 saturated heterocycles. The monoisotopic (exact) mass is 258 g/mol. The lowest BCUT2D eigenvalue weighted by molar-refractivity contribution is -0.00778. The predicted octanol–water partition coefficient (Wildman–Crippen LogP) is 1.34. The second-order valence-electron chi connectivity index (χ2n) is 4.46. The maximum atomic E-state index is 9.13. The Balaban J connectivity index is 3.70. The van der Waals surface area contributed by atoms with E-state index in [4.69, 9.17) is 19.5 Å². The van der Waals surface area contributed by atoms with E-state index in [1.807, 2.05) is 20.8 Å². The zero-order chi connectivity index (χ0) is 13.9. The highest BCUT2D eigenvalue weighted by molar-refractivity contribution is 5.04. The Bertz CT molecular complexity index is 243. The smallest absolute Gasteiger partial charge is 0.106 e. The highest BCUT2D eigenvalue weighted by Gasteiger charge is 2.25. The molecule has 5 heteroatoms. The molecule has 2 atom stereocenters. The van der Waals surface area contributed by atoms with Gasteiger partial charge in [-0.25, -0.2) is 0 Å². The first-order valence-electron chi connectivity index (χ1n) is 6.42. The van der Waals surface area contributed by atoms with E-state index < -0.39 is 5.54 Å². The van der Waals surface area contributed by atoms with Crippen molar-refractivity contribution >= 4 is 0 Å². The molecule has 0 rings (SSSR count). The van der Waals surface area contributed by atoms with Crippen molar-refractivity contribution in [1.29, 1.82) is 5.26 Å². The lowest BCUT2D eigenvalue weighted by atomic mass is 9.96. The number of nitrogens with one attached hydrogen (secondary N) is 1. The first-order valence-corrected chi connectivity index (χ1v) is 6.42. The van der Waals surface area contributed by atoms with Gasteiger partial charge in [0.25, 0.3) is 0 Å². The Morgan fingerprint density at radius 1 is 1.28 bits per heavy atom. The van der Waals surface area contributed by atoms with Gasteiger partial charge in [0.05, 0.1) is 38.6 Å². The van der Waals surface area contributed by atoms with Crippen molar-refractivity contribution in [2.45, 2.75) is 38.8 Å². The Morgan fingerprint density at radius 2 is 1.94 bits per heavy atom. The summed E-state index contributed by atoms with van der Waals surface area (Å²) in [6.45, 7) is 8.91. The zero-order valence-corrected chi connectivity index (χ0v) is 12.0. The predicted molar refractivity (Wildman–Crippen MR) is 70.4 cm³/mol. The van der Waals surface area contributed by atoms with Gasteiger partial charge in [-0.2, -0.15) is 5.26 Å². The molecular weight excluding hydrogens is 232 g/mol. The Morgan fingerprint density at radius 3 is 2.50 bits per heavy atom. The molecule has 0 fully saturated rings. The quantitative estimate of drug-likeness (QED) is 0.567. The highest BCUT2D eigenvalue weighted by atomic mass is 16.5. The van der Waals surface area contributed by atoms with Gasteiger partial charge in [-0.15, -0.1) is 0 Å². The molecule has 18 heavy (non-hydrogen) atoms. The van der Waals surface area contributed by atoms with Gasteiger partial charge in [0, 0.05) is 13.5 Å². The first-order chi connectivity index (χ1) is 8.58. The van der Waals surface area contributed by atoms with Crippen LogP contribution in [0.25, 0.3) is 0 Å². The molecule has 0 heterocycles. The van der Waals surface area contributed by atoms with Crippen molar-refractivity contribution in [3.8, 4) is 6.07 Å². The summed E-state index contributed by atoms with van der Waals surface area (Å²) in [7, 11) is 1.64. The zero-order valence-electron chi connectivity index (χ0n) is 12.0. The van der Waals surface area contributed by atoms with Crippen LogP contribution in [0.2, 0.25) is 0 Å². The summed E-state index contributed by atoms with van der Waals surface area (Å²) in [5, 5.41) is 12.3. The number of hydrogen-bond donors (Lipinski definition) is 1. The molecule has 2 unspecified atom stereocenters. The van der Waals surface area contributed by atoms with E-state index >= 15 is 0 Å². The number of hydrogen-bond acceptors (Lipinski definition) is 5. The standard InChI is InChI=1S/C13H26N2O3/c1-5-15-13(3,11-14)10-12(2)18-9-8-17-7-6-16-4/h12,15H,5-10H2,1-4H3.